The first-order chi connectivity index (χ1) is 11.0. The van der Waals surface area contributed by atoms with Gasteiger partial charge in [-0.05, 0) is 31.2 Å². The SMILES string of the molecule is CC(=O)OC1CCN(c2nnc(C)n2-c2ccc(Cl)cc2)CC1. The molecule has 0 spiro atoms. The van der Waals surface area contributed by atoms with Gasteiger partial charge in [0.05, 0.1) is 5.69 Å². The monoisotopic (exact) mass is 334 g/mol. The second-order valence-corrected chi connectivity index (χ2v) is 6.09. The van der Waals surface area contributed by atoms with Crippen molar-refractivity contribution in [2.24, 2.45) is 0 Å². The molecular formula is C16H19ClN4O2. The average Bonchev–Trinajstić information content (AvgIpc) is 2.90. The first-order valence-electron chi connectivity index (χ1n) is 7.64. The molecule has 1 aliphatic rings. The van der Waals surface area contributed by atoms with Crippen molar-refractivity contribution < 1.29 is 9.53 Å². The van der Waals surface area contributed by atoms with Crippen LogP contribution in [0.5, 0.6) is 0 Å². The van der Waals surface area contributed by atoms with Crippen LogP contribution >= 0.6 is 11.6 Å². The summed E-state index contributed by atoms with van der Waals surface area (Å²) >= 11 is 5.97. The molecule has 2 aromatic rings. The van der Waals surface area contributed by atoms with Crippen molar-refractivity contribution in [3.63, 3.8) is 0 Å². The van der Waals surface area contributed by atoms with Crippen LogP contribution in [0.1, 0.15) is 25.6 Å². The van der Waals surface area contributed by atoms with Gasteiger partial charge >= 0.3 is 5.97 Å². The summed E-state index contributed by atoms with van der Waals surface area (Å²) < 4.78 is 7.30. The molecule has 0 unspecified atom stereocenters. The van der Waals surface area contributed by atoms with Crippen molar-refractivity contribution in [3.05, 3.63) is 35.1 Å². The number of ether oxygens (including phenoxy) is 1. The van der Waals surface area contributed by atoms with Gasteiger partial charge in [-0.15, -0.1) is 10.2 Å². The molecule has 1 saturated heterocycles. The Kier molecular flexibility index (Phi) is 4.52. The Labute approximate surface area is 140 Å². The number of esters is 1. The molecule has 1 fully saturated rings. The number of hydrogen-bond acceptors (Lipinski definition) is 5. The summed E-state index contributed by atoms with van der Waals surface area (Å²) in [6, 6.07) is 7.61. The number of carbonyl (C=O) groups is 1. The highest BCUT2D eigenvalue weighted by molar-refractivity contribution is 6.30. The number of piperidine rings is 1. The molecule has 0 saturated carbocycles. The number of benzene rings is 1. The summed E-state index contributed by atoms with van der Waals surface area (Å²) in [5.41, 5.74) is 0.981. The smallest absolute Gasteiger partial charge is 0.302 e. The van der Waals surface area contributed by atoms with Gasteiger partial charge in [-0.3, -0.25) is 9.36 Å². The summed E-state index contributed by atoms with van der Waals surface area (Å²) in [5, 5.41) is 9.23. The largest absolute Gasteiger partial charge is 0.462 e. The van der Waals surface area contributed by atoms with Gasteiger partial charge in [-0.2, -0.15) is 0 Å². The van der Waals surface area contributed by atoms with Crippen LogP contribution in [0.2, 0.25) is 5.02 Å². The Morgan fingerprint density at radius 1 is 1.22 bits per heavy atom. The lowest BCUT2D eigenvalue weighted by molar-refractivity contribution is -0.147. The van der Waals surface area contributed by atoms with Crippen LogP contribution in [0.3, 0.4) is 0 Å². The maximum atomic E-state index is 11.1. The van der Waals surface area contributed by atoms with Crippen molar-refractivity contribution in [1.82, 2.24) is 14.8 Å². The van der Waals surface area contributed by atoms with Gasteiger partial charge < -0.3 is 9.64 Å². The van der Waals surface area contributed by atoms with E-state index < -0.39 is 0 Å². The van der Waals surface area contributed by atoms with E-state index in [1.165, 1.54) is 6.92 Å². The van der Waals surface area contributed by atoms with Crippen LogP contribution in [0, 0.1) is 6.92 Å². The fraction of sp³-hybridized carbons (Fsp3) is 0.438. The lowest BCUT2D eigenvalue weighted by Gasteiger charge is -2.32. The molecule has 1 aromatic carbocycles. The molecule has 0 radical (unpaired) electrons. The zero-order chi connectivity index (χ0) is 16.4. The van der Waals surface area contributed by atoms with Crippen molar-refractivity contribution in [1.29, 1.82) is 0 Å². The van der Waals surface area contributed by atoms with E-state index in [0.717, 1.165) is 43.4 Å². The maximum absolute atomic E-state index is 11.1. The molecule has 1 aliphatic heterocycles. The van der Waals surface area contributed by atoms with Crippen molar-refractivity contribution >= 4 is 23.5 Å². The van der Waals surface area contributed by atoms with Gasteiger partial charge in [0.1, 0.15) is 11.9 Å². The summed E-state index contributed by atoms with van der Waals surface area (Å²) in [4.78, 5) is 13.2. The molecule has 2 heterocycles. The van der Waals surface area contributed by atoms with E-state index in [1.807, 2.05) is 35.8 Å². The Morgan fingerprint density at radius 3 is 2.48 bits per heavy atom. The second kappa shape index (κ2) is 6.58. The standard InChI is InChI=1S/C16H19ClN4O2/c1-11-18-19-16(21(11)14-5-3-13(17)4-6-14)20-9-7-15(8-10-20)23-12(2)22/h3-6,15H,7-10H2,1-2H3. The molecule has 0 atom stereocenters. The zero-order valence-electron chi connectivity index (χ0n) is 13.2. The minimum absolute atomic E-state index is 0.00301. The van der Waals surface area contributed by atoms with Crippen molar-refractivity contribution in [2.75, 3.05) is 18.0 Å². The molecule has 122 valence electrons. The van der Waals surface area contributed by atoms with Crippen LogP contribution in [-0.4, -0.2) is 39.9 Å². The number of anilines is 1. The predicted molar refractivity (Wildman–Crippen MR) is 88.1 cm³/mol. The maximum Gasteiger partial charge on any atom is 0.302 e. The van der Waals surface area contributed by atoms with Gasteiger partial charge in [-0.1, -0.05) is 11.6 Å². The van der Waals surface area contributed by atoms with Gasteiger partial charge in [0.15, 0.2) is 0 Å². The van der Waals surface area contributed by atoms with Gasteiger partial charge in [0, 0.05) is 37.9 Å². The molecule has 0 amide bonds. The highest BCUT2D eigenvalue weighted by Gasteiger charge is 2.25. The number of hydrogen-bond donors (Lipinski definition) is 0. The molecule has 23 heavy (non-hydrogen) atoms. The summed E-state index contributed by atoms with van der Waals surface area (Å²) in [6.45, 7) is 4.94. The Morgan fingerprint density at radius 2 is 1.87 bits per heavy atom. The molecule has 7 heteroatoms. The molecule has 0 bridgehead atoms. The number of aryl methyl sites for hydroxylation is 1. The highest BCUT2D eigenvalue weighted by Crippen LogP contribution is 2.25. The number of aromatic nitrogens is 3. The van der Waals surface area contributed by atoms with E-state index in [4.69, 9.17) is 16.3 Å². The van der Waals surface area contributed by atoms with Gasteiger partial charge in [0.2, 0.25) is 5.95 Å². The average molecular weight is 335 g/mol. The topological polar surface area (TPSA) is 60.2 Å². The van der Waals surface area contributed by atoms with Crippen molar-refractivity contribution in [3.8, 4) is 5.69 Å². The third-order valence-electron chi connectivity index (χ3n) is 3.95. The fourth-order valence-electron chi connectivity index (χ4n) is 2.86. The molecule has 0 aliphatic carbocycles. The number of rotatable bonds is 3. The third-order valence-corrected chi connectivity index (χ3v) is 4.20. The van der Waals surface area contributed by atoms with Gasteiger partial charge in [0.25, 0.3) is 0 Å². The number of nitrogens with zero attached hydrogens (tertiary/aromatic N) is 4. The summed E-state index contributed by atoms with van der Waals surface area (Å²) in [7, 11) is 0. The van der Waals surface area contributed by atoms with Gasteiger partial charge in [-0.25, -0.2) is 0 Å². The minimum Gasteiger partial charge on any atom is -0.462 e. The van der Waals surface area contributed by atoms with Crippen LogP contribution in [0.25, 0.3) is 5.69 Å². The Hall–Kier alpha value is -2.08. The second-order valence-electron chi connectivity index (χ2n) is 5.65. The van der Waals surface area contributed by atoms with Crippen molar-refractivity contribution in [2.45, 2.75) is 32.8 Å². The molecule has 1 aromatic heterocycles. The van der Waals surface area contributed by atoms with Crippen LogP contribution in [-0.2, 0) is 9.53 Å². The normalized spacial score (nSPS) is 15.7. The Bertz CT molecular complexity index is 691. The van der Waals surface area contributed by atoms with E-state index in [9.17, 15) is 4.79 Å². The van der Waals surface area contributed by atoms with E-state index in [0.29, 0.717) is 5.02 Å². The van der Waals surface area contributed by atoms with E-state index in [-0.39, 0.29) is 12.1 Å². The summed E-state index contributed by atoms with van der Waals surface area (Å²) in [6.07, 6.45) is 1.59. The fourth-order valence-corrected chi connectivity index (χ4v) is 2.98. The minimum atomic E-state index is -0.219. The van der Waals surface area contributed by atoms with E-state index >= 15 is 0 Å². The lowest BCUT2D eigenvalue weighted by Crippen LogP contribution is -2.39. The Balaban J connectivity index is 1.80. The number of carbonyl (C=O) groups excluding carboxylic acids is 1. The van der Waals surface area contributed by atoms with Crippen LogP contribution in [0.4, 0.5) is 5.95 Å². The summed E-state index contributed by atoms with van der Waals surface area (Å²) in [5.74, 6) is 1.42. The highest BCUT2D eigenvalue weighted by atomic mass is 35.5. The first kappa shape index (κ1) is 15.8. The zero-order valence-corrected chi connectivity index (χ0v) is 14.0. The quantitative estimate of drug-likeness (QED) is 0.808. The molecule has 6 nitrogen and oxygen atoms in total. The number of halogens is 1. The predicted octanol–water partition coefficient (Wildman–Crippen LogP) is 2.76. The molecule has 3 rings (SSSR count). The van der Waals surface area contributed by atoms with Crippen LogP contribution < -0.4 is 4.90 Å². The van der Waals surface area contributed by atoms with Crippen LogP contribution in [0.15, 0.2) is 24.3 Å². The van der Waals surface area contributed by atoms with E-state index in [1.54, 1.807) is 0 Å². The lowest BCUT2D eigenvalue weighted by atomic mass is 10.1. The third kappa shape index (κ3) is 3.47. The molecule has 0 N–H and O–H groups in total. The molecular weight excluding hydrogens is 316 g/mol. The first-order valence-corrected chi connectivity index (χ1v) is 8.02. The van der Waals surface area contributed by atoms with E-state index in [2.05, 4.69) is 15.1 Å².